The molecule has 0 aliphatic carbocycles. The number of nitrogens with one attached hydrogen (secondary N) is 1. The molecule has 1 aromatic carbocycles. The van der Waals surface area contributed by atoms with E-state index in [1.165, 1.54) is 7.05 Å². The van der Waals surface area contributed by atoms with Gasteiger partial charge >= 0.3 is 6.09 Å². The molecule has 29 heavy (non-hydrogen) atoms. The van der Waals surface area contributed by atoms with Gasteiger partial charge in [0.2, 0.25) is 0 Å². The van der Waals surface area contributed by atoms with Gasteiger partial charge in [-0.1, -0.05) is 13.8 Å². The summed E-state index contributed by atoms with van der Waals surface area (Å²) in [4.78, 5) is 28.7. The number of carbonyl (C=O) groups is 1. The van der Waals surface area contributed by atoms with E-state index < -0.39 is 6.09 Å². The van der Waals surface area contributed by atoms with Crippen LogP contribution in [0.15, 0.2) is 35.3 Å². The quantitative estimate of drug-likeness (QED) is 0.643. The predicted molar refractivity (Wildman–Crippen MR) is 114 cm³/mol. The van der Waals surface area contributed by atoms with Crippen LogP contribution >= 0.6 is 0 Å². The van der Waals surface area contributed by atoms with Gasteiger partial charge in [0.05, 0.1) is 16.6 Å². The number of benzene rings is 1. The van der Waals surface area contributed by atoms with Crippen LogP contribution in [0.25, 0.3) is 21.7 Å². The lowest BCUT2D eigenvalue weighted by Crippen LogP contribution is -2.31. The van der Waals surface area contributed by atoms with Gasteiger partial charge in [-0.3, -0.25) is 9.78 Å². The molecule has 0 saturated heterocycles. The first-order valence-electron chi connectivity index (χ1n) is 9.71. The van der Waals surface area contributed by atoms with Crippen molar-refractivity contribution in [3.63, 3.8) is 0 Å². The molecule has 1 atom stereocenters. The number of aryl methyl sites for hydroxylation is 2. The lowest BCUT2D eigenvalue weighted by atomic mass is 10.1. The Kier molecular flexibility index (Phi) is 6.06. The van der Waals surface area contributed by atoms with Crippen LogP contribution in [0.2, 0.25) is 0 Å². The maximum Gasteiger partial charge on any atom is 0.407 e. The summed E-state index contributed by atoms with van der Waals surface area (Å²) in [6.07, 6.45) is 1.57. The largest absolute Gasteiger partial charge is 0.490 e. The number of alkyl carbamates (subject to hydrolysis) is 1. The fourth-order valence-corrected chi connectivity index (χ4v) is 3.52. The highest BCUT2D eigenvalue weighted by Crippen LogP contribution is 2.27. The molecular weight excluding hydrogens is 370 g/mol. The van der Waals surface area contributed by atoms with E-state index in [0.29, 0.717) is 29.2 Å². The van der Waals surface area contributed by atoms with Gasteiger partial charge in [0, 0.05) is 31.7 Å². The zero-order valence-electron chi connectivity index (χ0n) is 17.5. The van der Waals surface area contributed by atoms with Crippen molar-refractivity contribution >= 4 is 27.8 Å². The van der Waals surface area contributed by atoms with E-state index >= 15 is 0 Å². The van der Waals surface area contributed by atoms with Gasteiger partial charge in [0.25, 0.3) is 5.56 Å². The molecule has 0 aliphatic heterocycles. The summed E-state index contributed by atoms with van der Waals surface area (Å²) in [6, 6.07) is 7.53. The van der Waals surface area contributed by atoms with E-state index in [0.717, 1.165) is 16.3 Å². The van der Waals surface area contributed by atoms with Gasteiger partial charge in [-0.05, 0) is 42.8 Å². The van der Waals surface area contributed by atoms with Gasteiger partial charge in [-0.25, -0.2) is 4.79 Å². The van der Waals surface area contributed by atoms with Crippen molar-refractivity contribution < 1.29 is 14.3 Å². The molecule has 2 heterocycles. The highest BCUT2D eigenvalue weighted by Gasteiger charge is 2.17. The second kappa shape index (κ2) is 8.51. The summed E-state index contributed by atoms with van der Waals surface area (Å²) in [5, 5.41) is 4.93. The second-order valence-corrected chi connectivity index (χ2v) is 7.58. The minimum atomic E-state index is -0.476. The fraction of sp³-hybridized carbons (Fsp3) is 0.409. The first-order chi connectivity index (χ1) is 13.8. The van der Waals surface area contributed by atoms with Crippen molar-refractivity contribution in [1.82, 2.24) is 14.9 Å². The Balaban J connectivity index is 1.93. The van der Waals surface area contributed by atoms with E-state index in [9.17, 15) is 9.59 Å². The number of hydrogen-bond acceptors (Lipinski definition) is 5. The predicted octanol–water partition coefficient (Wildman–Crippen LogP) is 3.54. The summed E-state index contributed by atoms with van der Waals surface area (Å²) < 4.78 is 12.9. The third-order valence-electron chi connectivity index (χ3n) is 4.93. The molecule has 3 aromatic rings. The topological polar surface area (TPSA) is 82.5 Å². The number of pyridine rings is 2. The van der Waals surface area contributed by atoms with Crippen LogP contribution in [0.1, 0.15) is 26.0 Å². The number of fused-ring (bicyclic) bond motifs is 3. The minimum Gasteiger partial charge on any atom is -0.490 e. The molecule has 1 unspecified atom stereocenters. The molecule has 154 valence electrons. The number of rotatable bonds is 6. The highest BCUT2D eigenvalue weighted by atomic mass is 16.6. The van der Waals surface area contributed by atoms with Crippen molar-refractivity contribution in [1.29, 1.82) is 0 Å². The SMILES string of the molecule is CNC(=O)OC(COc1ccc2c3ccnc(C)c3c(=O)n(C)c2c1)CC(C)C. The van der Waals surface area contributed by atoms with Crippen LogP contribution in [-0.2, 0) is 11.8 Å². The Morgan fingerprint density at radius 1 is 1.24 bits per heavy atom. The second-order valence-electron chi connectivity index (χ2n) is 7.58. The molecular formula is C22H27N3O4. The van der Waals surface area contributed by atoms with E-state index in [-0.39, 0.29) is 18.3 Å². The minimum absolute atomic E-state index is 0.0871. The molecule has 2 aromatic heterocycles. The molecule has 0 aliphatic rings. The monoisotopic (exact) mass is 397 g/mol. The van der Waals surface area contributed by atoms with Crippen LogP contribution in [0, 0.1) is 12.8 Å². The number of carbonyl (C=O) groups excluding carboxylic acids is 1. The van der Waals surface area contributed by atoms with Crippen molar-refractivity contribution in [3.05, 3.63) is 46.5 Å². The van der Waals surface area contributed by atoms with E-state index in [4.69, 9.17) is 9.47 Å². The molecule has 7 heteroatoms. The zero-order chi connectivity index (χ0) is 21.1. The number of nitrogens with zero attached hydrogens (tertiary/aromatic N) is 2. The van der Waals surface area contributed by atoms with Crippen molar-refractivity contribution in [2.75, 3.05) is 13.7 Å². The van der Waals surface area contributed by atoms with Crippen LogP contribution in [0.3, 0.4) is 0 Å². The van der Waals surface area contributed by atoms with E-state index in [1.807, 2.05) is 31.2 Å². The van der Waals surface area contributed by atoms with Gasteiger partial charge in [-0.2, -0.15) is 0 Å². The van der Waals surface area contributed by atoms with Crippen molar-refractivity contribution in [3.8, 4) is 5.75 Å². The number of aromatic nitrogens is 2. The molecule has 0 saturated carbocycles. The molecule has 0 radical (unpaired) electrons. The lowest BCUT2D eigenvalue weighted by Gasteiger charge is -2.20. The van der Waals surface area contributed by atoms with E-state index in [1.54, 1.807) is 17.8 Å². The Hall–Kier alpha value is -3.09. The van der Waals surface area contributed by atoms with Gasteiger partial charge in [0.15, 0.2) is 0 Å². The fourth-order valence-electron chi connectivity index (χ4n) is 3.52. The Morgan fingerprint density at radius 2 is 2.00 bits per heavy atom. The van der Waals surface area contributed by atoms with E-state index in [2.05, 4.69) is 24.1 Å². The van der Waals surface area contributed by atoms with Crippen molar-refractivity contribution in [2.45, 2.75) is 33.3 Å². The molecule has 7 nitrogen and oxygen atoms in total. The van der Waals surface area contributed by atoms with Gasteiger partial charge < -0.3 is 19.4 Å². The summed E-state index contributed by atoms with van der Waals surface area (Å²) in [7, 11) is 3.28. The molecule has 0 spiro atoms. The van der Waals surface area contributed by atoms with Crippen LogP contribution in [-0.4, -0.2) is 35.4 Å². The molecule has 0 bridgehead atoms. The van der Waals surface area contributed by atoms with Gasteiger partial charge in [-0.15, -0.1) is 0 Å². The smallest absolute Gasteiger partial charge is 0.407 e. The maximum absolute atomic E-state index is 12.8. The van der Waals surface area contributed by atoms with Gasteiger partial charge in [0.1, 0.15) is 18.5 Å². The average molecular weight is 397 g/mol. The normalized spacial score (nSPS) is 12.3. The first kappa shape index (κ1) is 20.6. The first-order valence-corrected chi connectivity index (χ1v) is 9.71. The van der Waals surface area contributed by atoms with Crippen LogP contribution in [0.4, 0.5) is 4.79 Å². The number of hydrogen-bond donors (Lipinski definition) is 1. The Bertz CT molecular complexity index is 1100. The lowest BCUT2D eigenvalue weighted by molar-refractivity contribution is 0.0544. The van der Waals surface area contributed by atoms with Crippen LogP contribution in [0.5, 0.6) is 5.75 Å². The molecule has 1 N–H and O–H groups in total. The summed E-state index contributed by atoms with van der Waals surface area (Å²) in [5.41, 5.74) is 1.40. The summed E-state index contributed by atoms with van der Waals surface area (Å²) in [6.45, 7) is 6.21. The molecule has 0 fully saturated rings. The number of amides is 1. The standard InChI is InChI=1S/C22H27N3O4/c1-13(2)10-16(29-22(27)23-4)12-28-15-6-7-17-18-8-9-24-14(3)20(18)21(26)25(5)19(17)11-15/h6-9,11,13,16H,10,12H2,1-5H3,(H,23,27). The Morgan fingerprint density at radius 3 is 2.69 bits per heavy atom. The average Bonchev–Trinajstić information content (AvgIpc) is 2.69. The maximum atomic E-state index is 12.8. The zero-order valence-corrected chi connectivity index (χ0v) is 17.5. The molecule has 1 amide bonds. The van der Waals surface area contributed by atoms with Crippen LogP contribution < -0.4 is 15.6 Å². The van der Waals surface area contributed by atoms with Crippen molar-refractivity contribution in [2.24, 2.45) is 13.0 Å². The summed E-state index contributed by atoms with van der Waals surface area (Å²) in [5.74, 6) is 0.973. The summed E-state index contributed by atoms with van der Waals surface area (Å²) >= 11 is 0. The molecule has 3 rings (SSSR count). The highest BCUT2D eigenvalue weighted by molar-refractivity contribution is 6.06. The third-order valence-corrected chi connectivity index (χ3v) is 4.93. The Labute approximate surface area is 169 Å². The number of ether oxygens (including phenoxy) is 2. The third kappa shape index (κ3) is 4.34.